The lowest BCUT2D eigenvalue weighted by atomic mass is 10.2. The van der Waals surface area contributed by atoms with E-state index in [0.717, 1.165) is 31.7 Å². The van der Waals surface area contributed by atoms with E-state index in [1.54, 1.807) is 29.3 Å². The van der Waals surface area contributed by atoms with Gasteiger partial charge in [0.05, 0.1) is 4.90 Å². The highest BCUT2D eigenvalue weighted by Crippen LogP contribution is 2.16. The van der Waals surface area contributed by atoms with Crippen LogP contribution in [-0.2, 0) is 15.4 Å². The van der Waals surface area contributed by atoms with Gasteiger partial charge in [0.1, 0.15) is 0 Å². The van der Waals surface area contributed by atoms with E-state index in [4.69, 9.17) is 4.28 Å². The molecule has 0 N–H and O–H groups in total. The lowest BCUT2D eigenvalue weighted by molar-refractivity contribution is -0.0443. The molecular formula is C15H23NO3S2. The third-order valence-electron chi connectivity index (χ3n) is 2.68. The molecule has 21 heavy (non-hydrogen) atoms. The Bertz CT molecular complexity index is 456. The van der Waals surface area contributed by atoms with Crippen LogP contribution in [0.25, 0.3) is 0 Å². The first-order valence-corrected chi connectivity index (χ1v) is 9.30. The molecule has 0 radical (unpaired) electrons. The predicted molar refractivity (Wildman–Crippen MR) is 88.6 cm³/mol. The summed E-state index contributed by atoms with van der Waals surface area (Å²) < 4.78 is 17.6. The quantitative estimate of drug-likeness (QED) is 0.647. The van der Waals surface area contributed by atoms with Gasteiger partial charge in [0.15, 0.2) is 0 Å². The van der Waals surface area contributed by atoms with Gasteiger partial charge < -0.3 is 0 Å². The molecule has 6 heteroatoms. The third-order valence-corrected chi connectivity index (χ3v) is 4.47. The predicted octanol–water partition coefficient (Wildman–Crippen LogP) is 3.66. The Balaban J connectivity index is 2.67. The van der Waals surface area contributed by atoms with Crippen LogP contribution >= 0.6 is 11.8 Å². The van der Waals surface area contributed by atoms with E-state index < -0.39 is 11.1 Å². The minimum atomic E-state index is -1.53. The second kappa shape index (κ2) is 10.1. The van der Waals surface area contributed by atoms with E-state index in [0.29, 0.717) is 10.5 Å². The Hall–Kier alpha value is -0.690. The number of thioether (sulfide) groups is 1. The zero-order chi connectivity index (χ0) is 15.7. The zero-order valence-electron chi connectivity index (χ0n) is 12.8. The normalized spacial score (nSPS) is 12.6. The summed E-state index contributed by atoms with van der Waals surface area (Å²) in [5, 5.41) is 1.77. The van der Waals surface area contributed by atoms with Crippen molar-refractivity contribution in [3.63, 3.8) is 0 Å². The van der Waals surface area contributed by atoms with Crippen molar-refractivity contribution in [1.29, 1.82) is 0 Å². The molecule has 0 aliphatic carbocycles. The van der Waals surface area contributed by atoms with Crippen molar-refractivity contribution in [2.24, 2.45) is 0 Å². The van der Waals surface area contributed by atoms with E-state index >= 15 is 0 Å². The Labute approximate surface area is 133 Å². The maximum absolute atomic E-state index is 12.2. The van der Waals surface area contributed by atoms with Gasteiger partial charge in [0.25, 0.3) is 0 Å². The first kappa shape index (κ1) is 18.4. The Morgan fingerprint density at radius 1 is 1.14 bits per heavy atom. The fourth-order valence-corrected chi connectivity index (χ4v) is 3.09. The molecule has 1 aromatic carbocycles. The second-order valence-corrected chi connectivity index (χ2v) is 6.81. The Morgan fingerprint density at radius 3 is 2.19 bits per heavy atom. The summed E-state index contributed by atoms with van der Waals surface area (Å²) in [7, 11) is 0. The first-order chi connectivity index (χ1) is 10.1. The van der Waals surface area contributed by atoms with E-state index in [-0.39, 0.29) is 5.12 Å². The number of hydrogen-bond donors (Lipinski definition) is 0. The standard InChI is InChI=1S/C15H23NO3S2/c1-4-11-16(12-5-2)19-21(18)14-9-7-13(8-10-14)15(17)20-6-3/h7-10H,4-6,11-12H2,1-3H3. The van der Waals surface area contributed by atoms with Gasteiger partial charge in [-0.05, 0) is 42.9 Å². The zero-order valence-corrected chi connectivity index (χ0v) is 14.5. The Kier molecular flexibility index (Phi) is 8.84. The summed E-state index contributed by atoms with van der Waals surface area (Å²) in [6.45, 7) is 7.56. The van der Waals surface area contributed by atoms with E-state index in [9.17, 15) is 9.00 Å². The van der Waals surface area contributed by atoms with Crippen molar-refractivity contribution in [2.45, 2.75) is 38.5 Å². The van der Waals surface area contributed by atoms with Gasteiger partial charge in [-0.25, -0.2) is 4.21 Å². The summed E-state index contributed by atoms with van der Waals surface area (Å²) in [5.41, 5.74) is 0.626. The second-order valence-electron chi connectivity index (χ2n) is 4.48. The van der Waals surface area contributed by atoms with Crippen LogP contribution in [-0.4, -0.2) is 33.2 Å². The third kappa shape index (κ3) is 6.30. The van der Waals surface area contributed by atoms with Crippen LogP contribution in [0, 0.1) is 0 Å². The van der Waals surface area contributed by atoms with Gasteiger partial charge in [-0.15, -0.1) is 0 Å². The summed E-state index contributed by atoms with van der Waals surface area (Å²) in [6, 6.07) is 6.78. The van der Waals surface area contributed by atoms with Crippen molar-refractivity contribution in [1.82, 2.24) is 5.06 Å². The number of carbonyl (C=O) groups excluding carboxylic acids is 1. The Morgan fingerprint density at radius 2 is 1.71 bits per heavy atom. The van der Waals surface area contributed by atoms with Crippen LogP contribution in [0.15, 0.2) is 29.2 Å². The number of hydrogen-bond acceptors (Lipinski definition) is 5. The topological polar surface area (TPSA) is 46.6 Å². The molecule has 0 saturated carbocycles. The molecule has 1 atom stereocenters. The average Bonchev–Trinajstić information content (AvgIpc) is 2.48. The largest absolute Gasteiger partial charge is 0.282 e. The first-order valence-electron chi connectivity index (χ1n) is 7.24. The highest BCUT2D eigenvalue weighted by atomic mass is 32.2. The van der Waals surface area contributed by atoms with Crippen LogP contribution in [0.4, 0.5) is 0 Å². The molecular weight excluding hydrogens is 306 g/mol. The number of carbonyl (C=O) groups is 1. The lowest BCUT2D eigenvalue weighted by Crippen LogP contribution is -2.26. The van der Waals surface area contributed by atoms with Crippen molar-refractivity contribution < 1.29 is 13.3 Å². The fourth-order valence-electron chi connectivity index (χ4n) is 1.74. The van der Waals surface area contributed by atoms with Crippen LogP contribution in [0.2, 0.25) is 0 Å². The molecule has 0 fully saturated rings. The van der Waals surface area contributed by atoms with Gasteiger partial charge in [-0.2, -0.15) is 9.35 Å². The molecule has 1 unspecified atom stereocenters. The molecule has 0 aliphatic heterocycles. The summed E-state index contributed by atoms with van der Waals surface area (Å²) in [4.78, 5) is 12.3. The molecule has 4 nitrogen and oxygen atoms in total. The average molecular weight is 329 g/mol. The lowest BCUT2D eigenvalue weighted by Gasteiger charge is -2.18. The van der Waals surface area contributed by atoms with E-state index in [2.05, 4.69) is 13.8 Å². The minimum Gasteiger partial charge on any atom is -0.282 e. The van der Waals surface area contributed by atoms with Crippen molar-refractivity contribution >= 4 is 28.0 Å². The van der Waals surface area contributed by atoms with Gasteiger partial charge in [-0.3, -0.25) is 4.79 Å². The minimum absolute atomic E-state index is 0.0364. The van der Waals surface area contributed by atoms with Crippen LogP contribution < -0.4 is 0 Å². The van der Waals surface area contributed by atoms with Crippen molar-refractivity contribution in [2.75, 3.05) is 18.8 Å². The molecule has 0 bridgehead atoms. The monoisotopic (exact) mass is 329 g/mol. The molecule has 118 valence electrons. The molecule has 0 spiro atoms. The van der Waals surface area contributed by atoms with Crippen LogP contribution in [0.1, 0.15) is 44.0 Å². The summed E-state index contributed by atoms with van der Waals surface area (Å²) >= 11 is -0.266. The SMILES string of the molecule is CCCN(CCC)OS(=O)c1ccc(C(=O)SCC)cc1. The van der Waals surface area contributed by atoms with Crippen molar-refractivity contribution in [3.8, 4) is 0 Å². The van der Waals surface area contributed by atoms with E-state index in [1.807, 2.05) is 6.92 Å². The fraction of sp³-hybridized carbons (Fsp3) is 0.533. The molecule has 0 aromatic heterocycles. The highest BCUT2D eigenvalue weighted by Gasteiger charge is 2.12. The smallest absolute Gasteiger partial charge is 0.219 e. The van der Waals surface area contributed by atoms with Gasteiger partial charge >= 0.3 is 0 Å². The van der Waals surface area contributed by atoms with Gasteiger partial charge in [-0.1, -0.05) is 32.5 Å². The highest BCUT2D eigenvalue weighted by molar-refractivity contribution is 8.14. The maximum atomic E-state index is 12.2. The molecule has 0 aliphatic rings. The van der Waals surface area contributed by atoms with Crippen LogP contribution in [0.5, 0.6) is 0 Å². The number of hydroxylamine groups is 2. The molecule has 1 aromatic rings. The number of nitrogens with zero attached hydrogens (tertiary/aromatic N) is 1. The number of rotatable bonds is 9. The van der Waals surface area contributed by atoms with E-state index in [1.165, 1.54) is 11.8 Å². The van der Waals surface area contributed by atoms with Crippen molar-refractivity contribution in [3.05, 3.63) is 29.8 Å². The van der Waals surface area contributed by atoms with Gasteiger partial charge in [0, 0.05) is 18.7 Å². The summed E-state index contributed by atoms with van der Waals surface area (Å²) in [5.74, 6) is 0.749. The molecule has 1 rings (SSSR count). The maximum Gasteiger partial charge on any atom is 0.219 e. The van der Waals surface area contributed by atoms with Gasteiger partial charge in [0.2, 0.25) is 16.2 Å². The molecule has 0 saturated heterocycles. The molecule has 0 heterocycles. The molecule has 0 amide bonds. The number of benzene rings is 1. The summed E-state index contributed by atoms with van der Waals surface area (Å²) in [6.07, 6.45) is 1.89. The van der Waals surface area contributed by atoms with Crippen LogP contribution in [0.3, 0.4) is 0 Å².